The molecule has 1 aromatic rings. The third kappa shape index (κ3) is 7.46. The molecule has 2 rings (SSSR count). The Morgan fingerprint density at radius 1 is 1.30 bits per heavy atom. The summed E-state index contributed by atoms with van der Waals surface area (Å²) < 4.78 is 16.2. The topological polar surface area (TPSA) is 55.3 Å². The van der Waals surface area contributed by atoms with Crippen LogP contribution < -0.4 is 10.1 Å². The second kappa shape index (κ2) is 13.2. The standard InChI is InChI=1S/C20H33N3O3.HI/c1-16(18-7-5-6-8-19(18)25-4)13-22-20(21-2)23-10-9-17(14-23)15-26-12-11-24-3;/h5-8,16-17H,9-15H2,1-4H3,(H,21,22);1H. The molecule has 1 aliphatic heterocycles. The molecule has 0 saturated carbocycles. The van der Waals surface area contributed by atoms with E-state index in [1.807, 2.05) is 19.2 Å². The summed E-state index contributed by atoms with van der Waals surface area (Å²) in [6, 6.07) is 8.19. The number of halogens is 1. The molecule has 154 valence electrons. The number of guanidine groups is 1. The number of hydrogen-bond acceptors (Lipinski definition) is 4. The monoisotopic (exact) mass is 491 g/mol. The van der Waals surface area contributed by atoms with Gasteiger partial charge in [0.05, 0.1) is 26.9 Å². The highest BCUT2D eigenvalue weighted by molar-refractivity contribution is 14.0. The Morgan fingerprint density at radius 2 is 2.07 bits per heavy atom. The van der Waals surface area contributed by atoms with Crippen LogP contribution in [0.25, 0.3) is 0 Å². The van der Waals surface area contributed by atoms with Crippen LogP contribution in [0.4, 0.5) is 0 Å². The zero-order valence-electron chi connectivity index (χ0n) is 16.9. The highest BCUT2D eigenvalue weighted by atomic mass is 127. The Morgan fingerprint density at radius 3 is 2.78 bits per heavy atom. The number of likely N-dealkylation sites (tertiary alicyclic amines) is 1. The van der Waals surface area contributed by atoms with E-state index in [2.05, 4.69) is 34.3 Å². The number of aliphatic imine (C=N–C) groups is 1. The van der Waals surface area contributed by atoms with Gasteiger partial charge in [-0.1, -0.05) is 25.1 Å². The van der Waals surface area contributed by atoms with Gasteiger partial charge in [0, 0.05) is 45.6 Å². The lowest BCUT2D eigenvalue weighted by atomic mass is 10.0. The van der Waals surface area contributed by atoms with Gasteiger partial charge in [-0.05, 0) is 18.1 Å². The Bertz CT molecular complexity index is 571. The van der Waals surface area contributed by atoms with E-state index in [0.29, 0.717) is 25.0 Å². The van der Waals surface area contributed by atoms with Crippen molar-refractivity contribution in [2.45, 2.75) is 19.3 Å². The average Bonchev–Trinajstić information content (AvgIpc) is 3.14. The number of para-hydroxylation sites is 1. The van der Waals surface area contributed by atoms with Crippen LogP contribution in [-0.2, 0) is 9.47 Å². The highest BCUT2D eigenvalue weighted by Crippen LogP contribution is 2.25. The third-order valence-corrected chi connectivity index (χ3v) is 4.82. The third-order valence-electron chi connectivity index (χ3n) is 4.82. The summed E-state index contributed by atoms with van der Waals surface area (Å²) in [6.45, 7) is 7.12. The Kier molecular flexibility index (Phi) is 11.7. The van der Waals surface area contributed by atoms with Crippen molar-refractivity contribution in [3.8, 4) is 5.75 Å². The molecule has 2 unspecified atom stereocenters. The predicted octanol–water partition coefficient (Wildman–Crippen LogP) is 2.98. The van der Waals surface area contributed by atoms with Crippen molar-refractivity contribution < 1.29 is 14.2 Å². The lowest BCUT2D eigenvalue weighted by Gasteiger charge is -2.24. The molecule has 1 N–H and O–H groups in total. The second-order valence-electron chi connectivity index (χ2n) is 6.74. The molecule has 0 aromatic heterocycles. The van der Waals surface area contributed by atoms with E-state index in [4.69, 9.17) is 14.2 Å². The first kappa shape index (κ1) is 24.0. The molecule has 27 heavy (non-hydrogen) atoms. The molecule has 7 heteroatoms. The van der Waals surface area contributed by atoms with Crippen molar-refractivity contribution in [2.24, 2.45) is 10.9 Å². The molecule has 1 saturated heterocycles. The SMILES string of the molecule is CN=C(NCC(C)c1ccccc1OC)N1CCC(COCCOC)C1.I. The Hall–Kier alpha value is -1.06. The molecular weight excluding hydrogens is 457 g/mol. The Balaban J connectivity index is 0.00000364. The van der Waals surface area contributed by atoms with Crippen LogP contribution in [0.5, 0.6) is 5.75 Å². The normalized spacial score (nSPS) is 18.1. The fourth-order valence-corrected chi connectivity index (χ4v) is 3.31. The summed E-state index contributed by atoms with van der Waals surface area (Å²) in [4.78, 5) is 6.78. The van der Waals surface area contributed by atoms with Gasteiger partial charge >= 0.3 is 0 Å². The van der Waals surface area contributed by atoms with E-state index in [1.54, 1.807) is 14.2 Å². The smallest absolute Gasteiger partial charge is 0.193 e. The first-order valence-corrected chi connectivity index (χ1v) is 9.34. The molecule has 0 amide bonds. The van der Waals surface area contributed by atoms with Crippen LogP contribution in [0.1, 0.15) is 24.8 Å². The maximum absolute atomic E-state index is 5.68. The molecule has 2 atom stereocenters. The second-order valence-corrected chi connectivity index (χ2v) is 6.74. The van der Waals surface area contributed by atoms with Crippen LogP contribution in [0, 0.1) is 5.92 Å². The van der Waals surface area contributed by atoms with Gasteiger partial charge in [0.15, 0.2) is 5.96 Å². The zero-order chi connectivity index (χ0) is 18.8. The number of methoxy groups -OCH3 is 2. The van der Waals surface area contributed by atoms with Crippen molar-refractivity contribution in [3.05, 3.63) is 29.8 Å². The summed E-state index contributed by atoms with van der Waals surface area (Å²) >= 11 is 0. The molecule has 1 heterocycles. The number of ether oxygens (including phenoxy) is 3. The fraction of sp³-hybridized carbons (Fsp3) is 0.650. The molecule has 0 radical (unpaired) electrons. The van der Waals surface area contributed by atoms with Crippen molar-refractivity contribution in [1.82, 2.24) is 10.2 Å². The van der Waals surface area contributed by atoms with Crippen LogP contribution in [0.2, 0.25) is 0 Å². The zero-order valence-corrected chi connectivity index (χ0v) is 19.3. The molecule has 0 spiro atoms. The molecule has 0 bridgehead atoms. The summed E-state index contributed by atoms with van der Waals surface area (Å²) in [5.74, 6) is 2.79. The van der Waals surface area contributed by atoms with Gasteiger partial charge in [0.1, 0.15) is 5.75 Å². The molecule has 6 nitrogen and oxygen atoms in total. The van der Waals surface area contributed by atoms with Crippen LogP contribution in [0.15, 0.2) is 29.3 Å². The van der Waals surface area contributed by atoms with Gasteiger partial charge in [0.2, 0.25) is 0 Å². The van der Waals surface area contributed by atoms with E-state index in [-0.39, 0.29) is 24.0 Å². The van der Waals surface area contributed by atoms with Crippen molar-refractivity contribution in [1.29, 1.82) is 0 Å². The summed E-state index contributed by atoms with van der Waals surface area (Å²) in [5.41, 5.74) is 1.21. The first-order chi connectivity index (χ1) is 12.7. The largest absolute Gasteiger partial charge is 0.496 e. The fourth-order valence-electron chi connectivity index (χ4n) is 3.31. The summed E-state index contributed by atoms with van der Waals surface area (Å²) in [6.07, 6.45) is 1.13. The molecule has 1 fully saturated rings. The van der Waals surface area contributed by atoms with Gasteiger partial charge < -0.3 is 24.4 Å². The van der Waals surface area contributed by atoms with E-state index in [0.717, 1.165) is 44.4 Å². The van der Waals surface area contributed by atoms with E-state index < -0.39 is 0 Å². The highest BCUT2D eigenvalue weighted by Gasteiger charge is 2.25. The minimum atomic E-state index is 0. The quantitative estimate of drug-likeness (QED) is 0.249. The first-order valence-electron chi connectivity index (χ1n) is 9.34. The lowest BCUT2D eigenvalue weighted by Crippen LogP contribution is -2.41. The minimum absolute atomic E-state index is 0. The van der Waals surface area contributed by atoms with Crippen molar-refractivity contribution >= 4 is 29.9 Å². The van der Waals surface area contributed by atoms with Crippen LogP contribution in [-0.4, -0.2) is 71.6 Å². The number of benzene rings is 1. The maximum Gasteiger partial charge on any atom is 0.193 e. The van der Waals surface area contributed by atoms with Gasteiger partial charge in [0.25, 0.3) is 0 Å². The summed E-state index contributed by atoms with van der Waals surface area (Å²) in [5, 5.41) is 3.52. The molecule has 1 aromatic carbocycles. The van der Waals surface area contributed by atoms with Gasteiger partial charge in [-0.3, -0.25) is 4.99 Å². The number of rotatable bonds is 9. The average molecular weight is 491 g/mol. The van der Waals surface area contributed by atoms with E-state index in [1.165, 1.54) is 5.56 Å². The number of hydrogen-bond donors (Lipinski definition) is 1. The van der Waals surface area contributed by atoms with Crippen molar-refractivity contribution in [3.63, 3.8) is 0 Å². The van der Waals surface area contributed by atoms with E-state index >= 15 is 0 Å². The Labute approximate surface area is 180 Å². The lowest BCUT2D eigenvalue weighted by molar-refractivity contribution is 0.0536. The molecular formula is C20H34IN3O3. The van der Waals surface area contributed by atoms with Gasteiger partial charge in [-0.15, -0.1) is 24.0 Å². The molecule has 1 aliphatic rings. The minimum Gasteiger partial charge on any atom is -0.496 e. The number of nitrogens with zero attached hydrogens (tertiary/aromatic N) is 2. The predicted molar refractivity (Wildman–Crippen MR) is 121 cm³/mol. The molecule has 0 aliphatic carbocycles. The summed E-state index contributed by atoms with van der Waals surface area (Å²) in [7, 11) is 5.26. The number of nitrogens with one attached hydrogen (secondary N) is 1. The van der Waals surface area contributed by atoms with Crippen LogP contribution >= 0.6 is 24.0 Å². The van der Waals surface area contributed by atoms with Crippen molar-refractivity contribution in [2.75, 3.05) is 60.7 Å². The maximum atomic E-state index is 5.68. The van der Waals surface area contributed by atoms with Crippen LogP contribution in [0.3, 0.4) is 0 Å². The van der Waals surface area contributed by atoms with E-state index in [9.17, 15) is 0 Å². The van der Waals surface area contributed by atoms with Gasteiger partial charge in [-0.2, -0.15) is 0 Å². The van der Waals surface area contributed by atoms with Gasteiger partial charge in [-0.25, -0.2) is 0 Å².